The van der Waals surface area contributed by atoms with E-state index in [2.05, 4.69) is 25.3 Å². The van der Waals surface area contributed by atoms with Crippen LogP contribution in [0.1, 0.15) is 29.2 Å². The molecule has 0 saturated carbocycles. The maximum atomic E-state index is 12.5. The first kappa shape index (κ1) is 15.3. The molecule has 0 aromatic carbocycles. The Balaban J connectivity index is 1.68. The van der Waals surface area contributed by atoms with E-state index in [-0.39, 0.29) is 11.7 Å². The van der Waals surface area contributed by atoms with Crippen LogP contribution in [0.25, 0.3) is 0 Å². The third kappa shape index (κ3) is 3.61. The summed E-state index contributed by atoms with van der Waals surface area (Å²) in [6, 6.07) is 1.71. The van der Waals surface area contributed by atoms with Crippen molar-refractivity contribution in [3.05, 3.63) is 42.4 Å². The summed E-state index contributed by atoms with van der Waals surface area (Å²) in [5, 5.41) is 3.07. The van der Waals surface area contributed by atoms with E-state index >= 15 is 0 Å². The molecule has 2 aromatic rings. The van der Waals surface area contributed by atoms with Gasteiger partial charge in [-0.05, 0) is 31.2 Å². The number of nitrogens with zero attached hydrogens (tertiary/aromatic N) is 5. The van der Waals surface area contributed by atoms with Crippen LogP contribution in [0.2, 0.25) is 0 Å². The molecule has 7 heteroatoms. The summed E-state index contributed by atoms with van der Waals surface area (Å²) in [5.41, 5.74) is 0.949. The summed E-state index contributed by atoms with van der Waals surface area (Å²) < 4.78 is 0. The number of aromatic nitrogens is 4. The van der Waals surface area contributed by atoms with Crippen LogP contribution in [-0.2, 0) is 6.42 Å². The second-order valence-electron chi connectivity index (χ2n) is 5.64. The number of carbonyl (C=O) groups excluding carboxylic acids is 1. The van der Waals surface area contributed by atoms with Crippen molar-refractivity contribution >= 4 is 11.7 Å². The molecule has 0 bridgehead atoms. The Morgan fingerprint density at radius 1 is 1.22 bits per heavy atom. The summed E-state index contributed by atoms with van der Waals surface area (Å²) in [5.74, 6) is 1.36. The number of amides is 1. The molecular weight excluding hydrogens is 292 g/mol. The Morgan fingerprint density at radius 3 is 2.78 bits per heavy atom. The van der Waals surface area contributed by atoms with Gasteiger partial charge in [-0.1, -0.05) is 0 Å². The monoisotopic (exact) mass is 312 g/mol. The van der Waals surface area contributed by atoms with Gasteiger partial charge in [0.15, 0.2) is 0 Å². The molecule has 1 saturated heterocycles. The normalized spacial score (nSPS) is 17.8. The van der Waals surface area contributed by atoms with Gasteiger partial charge in [-0.2, -0.15) is 0 Å². The van der Waals surface area contributed by atoms with Gasteiger partial charge in [0.25, 0.3) is 5.91 Å². The van der Waals surface area contributed by atoms with Gasteiger partial charge >= 0.3 is 0 Å². The Hall–Kier alpha value is -2.57. The number of hydrogen-bond donors (Lipinski definition) is 1. The smallest absolute Gasteiger partial charge is 0.291 e. The van der Waals surface area contributed by atoms with Gasteiger partial charge in [-0.15, -0.1) is 0 Å². The largest absolute Gasteiger partial charge is 0.372 e. The molecule has 120 valence electrons. The minimum Gasteiger partial charge on any atom is -0.372 e. The van der Waals surface area contributed by atoms with Crippen molar-refractivity contribution in [2.75, 3.05) is 25.5 Å². The van der Waals surface area contributed by atoms with Crippen molar-refractivity contribution in [3.63, 3.8) is 0 Å². The van der Waals surface area contributed by atoms with Gasteiger partial charge in [0, 0.05) is 44.9 Å². The van der Waals surface area contributed by atoms with E-state index in [0.717, 1.165) is 37.3 Å². The van der Waals surface area contributed by atoms with Gasteiger partial charge in [0.05, 0.1) is 5.69 Å². The predicted molar refractivity (Wildman–Crippen MR) is 85.9 cm³/mol. The lowest BCUT2D eigenvalue weighted by Gasteiger charge is -2.32. The van der Waals surface area contributed by atoms with E-state index in [1.54, 1.807) is 30.9 Å². The summed E-state index contributed by atoms with van der Waals surface area (Å²) in [6.45, 7) is 1.46. The highest BCUT2D eigenvalue weighted by Gasteiger charge is 2.26. The van der Waals surface area contributed by atoms with E-state index in [1.165, 1.54) is 0 Å². The van der Waals surface area contributed by atoms with E-state index in [1.807, 2.05) is 11.9 Å². The summed E-state index contributed by atoms with van der Waals surface area (Å²) in [4.78, 5) is 31.1. The van der Waals surface area contributed by atoms with Crippen LogP contribution >= 0.6 is 0 Å². The Kier molecular flexibility index (Phi) is 4.75. The predicted octanol–water partition coefficient (Wildman–Crippen LogP) is 1.40. The number of rotatable bonds is 4. The summed E-state index contributed by atoms with van der Waals surface area (Å²) in [6.07, 6.45) is 9.46. The average Bonchev–Trinajstić information content (AvgIpc) is 2.62. The van der Waals surface area contributed by atoms with Crippen LogP contribution in [0.4, 0.5) is 5.82 Å². The number of carbonyl (C=O) groups is 1. The number of hydrogen-bond acceptors (Lipinski definition) is 6. The van der Waals surface area contributed by atoms with Gasteiger partial charge in [0.2, 0.25) is 5.82 Å². The molecule has 0 spiro atoms. The van der Waals surface area contributed by atoms with E-state index in [0.29, 0.717) is 12.5 Å². The first-order valence-corrected chi connectivity index (χ1v) is 7.82. The molecule has 3 rings (SSSR count). The molecule has 1 fully saturated rings. The molecule has 1 aliphatic heterocycles. The number of piperidine rings is 1. The lowest BCUT2D eigenvalue weighted by atomic mass is 9.93. The van der Waals surface area contributed by atoms with Crippen molar-refractivity contribution < 1.29 is 4.79 Å². The first-order valence-electron chi connectivity index (χ1n) is 7.82. The Labute approximate surface area is 135 Å². The third-order valence-electron chi connectivity index (χ3n) is 4.06. The fourth-order valence-electron chi connectivity index (χ4n) is 2.97. The van der Waals surface area contributed by atoms with E-state index < -0.39 is 0 Å². The zero-order valence-electron chi connectivity index (χ0n) is 13.1. The number of anilines is 1. The fourth-order valence-corrected chi connectivity index (χ4v) is 2.97. The van der Waals surface area contributed by atoms with Gasteiger partial charge in [-0.25, -0.2) is 15.0 Å². The van der Waals surface area contributed by atoms with Crippen molar-refractivity contribution in [2.45, 2.75) is 19.3 Å². The standard InChI is InChI=1S/C16H20N6O/c1-17-14-13(18-7-8-21-14)10-12-4-2-9-22(11-12)16(23)15-19-5-3-6-20-15/h3,5-8,12H,2,4,9-11H2,1H3,(H,17,21). The highest BCUT2D eigenvalue weighted by Crippen LogP contribution is 2.23. The molecule has 3 heterocycles. The second kappa shape index (κ2) is 7.13. The summed E-state index contributed by atoms with van der Waals surface area (Å²) in [7, 11) is 1.84. The molecule has 7 nitrogen and oxygen atoms in total. The Bertz CT molecular complexity index is 663. The molecule has 0 aliphatic carbocycles. The van der Waals surface area contributed by atoms with E-state index in [9.17, 15) is 4.79 Å². The quantitative estimate of drug-likeness (QED) is 0.919. The SMILES string of the molecule is CNc1nccnc1CC1CCCN(C(=O)c2ncccn2)C1. The minimum absolute atomic E-state index is 0.0942. The zero-order valence-corrected chi connectivity index (χ0v) is 13.1. The van der Waals surface area contributed by atoms with Crippen LogP contribution in [0.5, 0.6) is 0 Å². The maximum absolute atomic E-state index is 12.5. The van der Waals surface area contributed by atoms with Crippen LogP contribution in [0.15, 0.2) is 30.9 Å². The second-order valence-corrected chi connectivity index (χ2v) is 5.64. The van der Waals surface area contributed by atoms with Crippen LogP contribution < -0.4 is 5.32 Å². The number of likely N-dealkylation sites (tertiary alicyclic amines) is 1. The molecule has 2 aromatic heterocycles. The van der Waals surface area contributed by atoms with Crippen molar-refractivity contribution in [1.82, 2.24) is 24.8 Å². The average molecular weight is 312 g/mol. The van der Waals surface area contributed by atoms with E-state index in [4.69, 9.17) is 0 Å². The molecule has 1 unspecified atom stereocenters. The lowest BCUT2D eigenvalue weighted by Crippen LogP contribution is -2.41. The topological polar surface area (TPSA) is 83.9 Å². The molecule has 23 heavy (non-hydrogen) atoms. The van der Waals surface area contributed by atoms with Gasteiger partial charge in [0.1, 0.15) is 5.82 Å². The van der Waals surface area contributed by atoms with Crippen molar-refractivity contribution in [3.8, 4) is 0 Å². The highest BCUT2D eigenvalue weighted by molar-refractivity contribution is 5.90. The highest BCUT2D eigenvalue weighted by atomic mass is 16.2. The molecule has 1 N–H and O–H groups in total. The molecular formula is C16H20N6O. The lowest BCUT2D eigenvalue weighted by molar-refractivity contribution is 0.0660. The molecule has 0 radical (unpaired) electrons. The van der Waals surface area contributed by atoms with Crippen molar-refractivity contribution in [2.24, 2.45) is 5.92 Å². The molecule has 1 aliphatic rings. The van der Waals surface area contributed by atoms with Crippen LogP contribution in [-0.4, -0.2) is 50.9 Å². The van der Waals surface area contributed by atoms with Gasteiger partial charge < -0.3 is 10.2 Å². The molecule has 1 amide bonds. The third-order valence-corrected chi connectivity index (χ3v) is 4.06. The first-order chi connectivity index (χ1) is 11.3. The Morgan fingerprint density at radius 2 is 2.00 bits per heavy atom. The maximum Gasteiger partial charge on any atom is 0.291 e. The minimum atomic E-state index is -0.0942. The fraction of sp³-hybridized carbons (Fsp3) is 0.438. The van der Waals surface area contributed by atoms with Crippen LogP contribution in [0.3, 0.4) is 0 Å². The summed E-state index contributed by atoms with van der Waals surface area (Å²) >= 11 is 0. The number of nitrogens with one attached hydrogen (secondary N) is 1. The molecule has 1 atom stereocenters. The van der Waals surface area contributed by atoms with Gasteiger partial charge in [-0.3, -0.25) is 9.78 Å². The van der Waals surface area contributed by atoms with Crippen LogP contribution in [0, 0.1) is 5.92 Å². The van der Waals surface area contributed by atoms with Crippen molar-refractivity contribution in [1.29, 1.82) is 0 Å². The zero-order chi connectivity index (χ0) is 16.1.